The van der Waals surface area contributed by atoms with Crippen LogP contribution in [0.2, 0.25) is 0 Å². The predicted molar refractivity (Wildman–Crippen MR) is 114 cm³/mol. The Morgan fingerprint density at radius 2 is 1.69 bits per heavy atom. The highest BCUT2D eigenvalue weighted by Gasteiger charge is 2.18. The summed E-state index contributed by atoms with van der Waals surface area (Å²) < 4.78 is 26.5. The van der Waals surface area contributed by atoms with Crippen molar-refractivity contribution >= 4 is 17.6 Å². The summed E-state index contributed by atoms with van der Waals surface area (Å²) in [6.07, 6.45) is 4.54. The van der Waals surface area contributed by atoms with E-state index in [9.17, 15) is 9.59 Å². The van der Waals surface area contributed by atoms with E-state index in [1.54, 1.807) is 36.5 Å². The molecule has 1 amide bonds. The minimum Gasteiger partial charge on any atom is -0.493 e. The fourth-order valence-corrected chi connectivity index (χ4v) is 2.71. The summed E-state index contributed by atoms with van der Waals surface area (Å²) in [4.78, 5) is 32.8. The average Bonchev–Trinajstić information content (AvgIpc) is 2.82. The van der Waals surface area contributed by atoms with Crippen LogP contribution in [-0.2, 0) is 9.53 Å². The molecule has 0 spiro atoms. The number of nitrogens with one attached hydrogen (secondary N) is 1. The van der Waals surface area contributed by atoms with E-state index in [-0.39, 0.29) is 11.4 Å². The van der Waals surface area contributed by atoms with E-state index in [1.165, 1.54) is 39.8 Å². The Labute approximate surface area is 184 Å². The van der Waals surface area contributed by atoms with Gasteiger partial charge in [-0.15, -0.1) is 0 Å². The lowest BCUT2D eigenvalue weighted by Crippen LogP contribution is -2.21. The van der Waals surface area contributed by atoms with Gasteiger partial charge in [0.05, 0.1) is 27.5 Å². The molecule has 2 heterocycles. The molecule has 0 aliphatic heterocycles. The lowest BCUT2D eigenvalue weighted by Gasteiger charge is -2.14. The number of amides is 1. The molecule has 2 aromatic heterocycles. The molecule has 10 heteroatoms. The molecule has 32 heavy (non-hydrogen) atoms. The van der Waals surface area contributed by atoms with Gasteiger partial charge in [0.25, 0.3) is 5.91 Å². The van der Waals surface area contributed by atoms with Crippen LogP contribution in [0.5, 0.6) is 28.9 Å². The Bertz CT molecular complexity index is 1060. The zero-order valence-electron chi connectivity index (χ0n) is 17.7. The fraction of sp³-hybridized carbons (Fsp3) is 0.182. The largest absolute Gasteiger partial charge is 0.493 e. The summed E-state index contributed by atoms with van der Waals surface area (Å²) in [5.74, 6) is 0.231. The van der Waals surface area contributed by atoms with E-state index in [1.807, 2.05) is 0 Å². The van der Waals surface area contributed by atoms with Gasteiger partial charge >= 0.3 is 5.97 Å². The molecule has 3 rings (SSSR count). The summed E-state index contributed by atoms with van der Waals surface area (Å²) in [5, 5.41) is 2.62. The van der Waals surface area contributed by atoms with Crippen LogP contribution in [0.1, 0.15) is 10.4 Å². The molecule has 0 bridgehead atoms. The molecule has 0 fully saturated rings. The van der Waals surface area contributed by atoms with Crippen molar-refractivity contribution in [3.63, 3.8) is 0 Å². The average molecular weight is 439 g/mol. The van der Waals surface area contributed by atoms with Crippen LogP contribution in [-0.4, -0.2) is 49.8 Å². The van der Waals surface area contributed by atoms with Gasteiger partial charge in [-0.1, -0.05) is 0 Å². The van der Waals surface area contributed by atoms with Gasteiger partial charge in [0.1, 0.15) is 11.3 Å². The number of hydrogen-bond donors (Lipinski definition) is 1. The fourth-order valence-electron chi connectivity index (χ4n) is 2.71. The number of methoxy groups -OCH3 is 3. The van der Waals surface area contributed by atoms with Crippen LogP contribution < -0.4 is 24.3 Å². The molecule has 0 aliphatic rings. The quantitative estimate of drug-likeness (QED) is 0.502. The van der Waals surface area contributed by atoms with E-state index in [0.29, 0.717) is 28.7 Å². The Kier molecular flexibility index (Phi) is 7.42. The second-order valence-electron chi connectivity index (χ2n) is 6.19. The van der Waals surface area contributed by atoms with Crippen LogP contribution >= 0.6 is 0 Å². The van der Waals surface area contributed by atoms with E-state index in [0.717, 1.165) is 0 Å². The second kappa shape index (κ2) is 10.6. The first-order valence-electron chi connectivity index (χ1n) is 9.35. The summed E-state index contributed by atoms with van der Waals surface area (Å²) in [7, 11) is 4.40. The highest BCUT2D eigenvalue weighted by Crippen LogP contribution is 2.39. The van der Waals surface area contributed by atoms with Gasteiger partial charge in [-0.3, -0.25) is 9.78 Å². The number of carbonyl (C=O) groups is 2. The Hall–Kier alpha value is -4.34. The van der Waals surface area contributed by atoms with E-state index < -0.39 is 18.5 Å². The Morgan fingerprint density at radius 3 is 2.31 bits per heavy atom. The van der Waals surface area contributed by atoms with Crippen LogP contribution in [0.4, 0.5) is 5.69 Å². The smallest absolute Gasteiger partial charge is 0.344 e. The molecule has 0 saturated heterocycles. The topological polar surface area (TPSA) is 118 Å². The predicted octanol–water partition coefficient (Wildman–Crippen LogP) is 3.09. The molecule has 0 atom stereocenters. The van der Waals surface area contributed by atoms with Gasteiger partial charge in [-0.25, -0.2) is 9.78 Å². The minimum atomic E-state index is -0.767. The first kappa shape index (κ1) is 22.3. The third kappa shape index (κ3) is 5.42. The number of rotatable bonds is 9. The van der Waals surface area contributed by atoms with Crippen molar-refractivity contribution in [3.8, 4) is 28.9 Å². The number of benzene rings is 1. The lowest BCUT2D eigenvalue weighted by molar-refractivity contribution is -0.119. The third-order valence-electron chi connectivity index (χ3n) is 4.12. The number of ether oxygens (including phenoxy) is 5. The maximum absolute atomic E-state index is 12.5. The molecule has 0 aliphatic carbocycles. The van der Waals surface area contributed by atoms with E-state index >= 15 is 0 Å². The molecule has 0 saturated carbocycles. The van der Waals surface area contributed by atoms with Crippen molar-refractivity contribution in [1.82, 2.24) is 9.97 Å². The molecular formula is C22H21N3O7. The molecule has 0 radical (unpaired) electrons. The standard InChI is InChI=1S/C22H21N3O7/c1-28-17-10-14(11-18(29-2)20(17)30-3)25-19(26)13-31-22(27)16-7-5-9-24-21(16)32-15-6-4-8-23-12-15/h4-12H,13H2,1-3H3,(H,25,26). The minimum absolute atomic E-state index is 0.0375. The second-order valence-corrected chi connectivity index (χ2v) is 6.19. The maximum atomic E-state index is 12.5. The van der Waals surface area contributed by atoms with Crippen LogP contribution in [0.3, 0.4) is 0 Å². The van der Waals surface area contributed by atoms with Crippen molar-refractivity contribution < 1.29 is 33.3 Å². The maximum Gasteiger partial charge on any atom is 0.344 e. The highest BCUT2D eigenvalue weighted by molar-refractivity contribution is 5.96. The Morgan fingerprint density at radius 1 is 0.969 bits per heavy atom. The van der Waals surface area contributed by atoms with Gasteiger partial charge in [0.2, 0.25) is 11.6 Å². The van der Waals surface area contributed by atoms with Crippen molar-refractivity contribution in [3.05, 3.63) is 60.6 Å². The Balaban J connectivity index is 1.65. The summed E-state index contributed by atoms with van der Waals surface area (Å²) in [5.41, 5.74) is 0.444. The van der Waals surface area contributed by atoms with Crippen molar-refractivity contribution in [2.24, 2.45) is 0 Å². The molecule has 1 aromatic carbocycles. The van der Waals surface area contributed by atoms with E-state index in [4.69, 9.17) is 23.7 Å². The first-order chi connectivity index (χ1) is 15.5. The zero-order valence-corrected chi connectivity index (χ0v) is 17.7. The van der Waals surface area contributed by atoms with Gasteiger partial charge in [0.15, 0.2) is 18.1 Å². The lowest BCUT2D eigenvalue weighted by atomic mass is 10.2. The first-order valence-corrected chi connectivity index (χ1v) is 9.35. The van der Waals surface area contributed by atoms with Gasteiger partial charge in [-0.05, 0) is 24.3 Å². The third-order valence-corrected chi connectivity index (χ3v) is 4.12. The SMILES string of the molecule is COc1cc(NC(=O)COC(=O)c2cccnc2Oc2cccnc2)cc(OC)c1OC. The molecule has 0 unspecified atom stereocenters. The van der Waals surface area contributed by atoms with Crippen molar-refractivity contribution in [2.45, 2.75) is 0 Å². The van der Waals surface area contributed by atoms with Crippen molar-refractivity contribution in [2.75, 3.05) is 33.3 Å². The summed E-state index contributed by atoms with van der Waals surface area (Å²) in [6.45, 7) is -0.531. The molecule has 10 nitrogen and oxygen atoms in total. The number of pyridine rings is 2. The monoisotopic (exact) mass is 439 g/mol. The molecule has 166 valence electrons. The van der Waals surface area contributed by atoms with Crippen molar-refractivity contribution in [1.29, 1.82) is 0 Å². The van der Waals surface area contributed by atoms with E-state index in [2.05, 4.69) is 15.3 Å². The van der Waals surface area contributed by atoms with Gasteiger partial charge in [0, 0.05) is 30.2 Å². The molecule has 1 N–H and O–H groups in total. The highest BCUT2D eigenvalue weighted by atomic mass is 16.5. The normalized spacial score (nSPS) is 10.1. The van der Waals surface area contributed by atoms with Gasteiger partial charge in [-0.2, -0.15) is 0 Å². The molecular weight excluding hydrogens is 418 g/mol. The van der Waals surface area contributed by atoms with Crippen LogP contribution in [0.15, 0.2) is 55.0 Å². The zero-order chi connectivity index (χ0) is 22.9. The number of hydrogen-bond acceptors (Lipinski definition) is 9. The number of aromatic nitrogens is 2. The van der Waals surface area contributed by atoms with Crippen LogP contribution in [0, 0.1) is 0 Å². The number of anilines is 1. The van der Waals surface area contributed by atoms with Gasteiger partial charge < -0.3 is 29.0 Å². The number of esters is 1. The summed E-state index contributed by atoms with van der Waals surface area (Å²) in [6, 6.07) is 9.51. The number of nitrogens with zero attached hydrogens (tertiary/aromatic N) is 2. The summed E-state index contributed by atoms with van der Waals surface area (Å²) >= 11 is 0. The molecule has 3 aromatic rings. The van der Waals surface area contributed by atoms with Crippen LogP contribution in [0.25, 0.3) is 0 Å². The number of carbonyl (C=O) groups excluding carboxylic acids is 2.